The third-order valence-corrected chi connectivity index (χ3v) is 4.45. The van der Waals surface area contributed by atoms with E-state index in [2.05, 4.69) is 5.32 Å². The van der Waals surface area contributed by atoms with Crippen molar-refractivity contribution in [2.24, 2.45) is 0 Å². The smallest absolute Gasteiger partial charge is 0.256 e. The van der Waals surface area contributed by atoms with E-state index in [4.69, 9.17) is 9.47 Å². The number of ether oxygens (including phenoxy) is 2. The van der Waals surface area contributed by atoms with Gasteiger partial charge in [-0.25, -0.2) is 0 Å². The van der Waals surface area contributed by atoms with Gasteiger partial charge in [0.15, 0.2) is 11.5 Å². The number of carbonyl (C=O) groups is 1. The summed E-state index contributed by atoms with van der Waals surface area (Å²) >= 11 is 0. The fraction of sp³-hybridized carbons (Fsp3) is 0.0870. The van der Waals surface area contributed by atoms with Crippen LogP contribution in [-0.4, -0.2) is 13.0 Å². The van der Waals surface area contributed by atoms with Gasteiger partial charge in [-0.2, -0.15) is 0 Å². The van der Waals surface area contributed by atoms with Crippen LogP contribution in [0.4, 0.5) is 5.69 Å². The van der Waals surface area contributed by atoms with E-state index in [9.17, 15) is 4.79 Å². The van der Waals surface area contributed by atoms with Crippen LogP contribution in [0.25, 0.3) is 11.6 Å². The SMILES string of the molecule is COc1cc(C=C2C(=O)Nc3ccccc32)ccc1OCc1ccccc1. The monoisotopic (exact) mass is 357 g/mol. The molecule has 1 heterocycles. The second kappa shape index (κ2) is 7.38. The van der Waals surface area contributed by atoms with Gasteiger partial charge in [0.1, 0.15) is 6.61 Å². The summed E-state index contributed by atoms with van der Waals surface area (Å²) in [6.07, 6.45) is 1.87. The van der Waals surface area contributed by atoms with Crippen LogP contribution in [0, 0.1) is 0 Å². The molecule has 0 saturated heterocycles. The summed E-state index contributed by atoms with van der Waals surface area (Å²) in [7, 11) is 1.61. The van der Waals surface area contributed by atoms with Crippen molar-refractivity contribution in [1.82, 2.24) is 0 Å². The van der Waals surface area contributed by atoms with Gasteiger partial charge in [0.2, 0.25) is 0 Å². The summed E-state index contributed by atoms with van der Waals surface area (Å²) in [4.78, 5) is 12.3. The molecule has 1 aliphatic rings. The highest BCUT2D eigenvalue weighted by Gasteiger charge is 2.23. The van der Waals surface area contributed by atoms with Crippen LogP contribution in [-0.2, 0) is 11.4 Å². The van der Waals surface area contributed by atoms with Crippen molar-refractivity contribution in [3.8, 4) is 11.5 Å². The standard InChI is InChI=1S/C23H19NO3/c1-26-22-14-17(11-12-21(22)27-15-16-7-3-2-4-8-16)13-19-18-9-5-6-10-20(18)24-23(19)25/h2-14H,15H2,1H3,(H,24,25). The number of hydrogen-bond donors (Lipinski definition) is 1. The number of benzene rings is 3. The quantitative estimate of drug-likeness (QED) is 0.669. The molecule has 0 bridgehead atoms. The molecule has 27 heavy (non-hydrogen) atoms. The Morgan fingerprint density at radius 1 is 0.926 bits per heavy atom. The molecule has 3 aromatic carbocycles. The van der Waals surface area contributed by atoms with E-state index in [-0.39, 0.29) is 5.91 Å². The van der Waals surface area contributed by atoms with Crippen LogP contribution in [0.15, 0.2) is 72.8 Å². The number of hydrogen-bond acceptors (Lipinski definition) is 3. The van der Waals surface area contributed by atoms with Crippen LogP contribution in [0.2, 0.25) is 0 Å². The van der Waals surface area contributed by atoms with Crippen LogP contribution >= 0.6 is 0 Å². The van der Waals surface area contributed by atoms with Crippen molar-refractivity contribution < 1.29 is 14.3 Å². The lowest BCUT2D eigenvalue weighted by atomic mass is 10.0. The molecule has 0 radical (unpaired) electrons. The lowest BCUT2D eigenvalue weighted by Gasteiger charge is -2.11. The zero-order chi connectivity index (χ0) is 18.6. The zero-order valence-corrected chi connectivity index (χ0v) is 14.9. The number of carbonyl (C=O) groups excluding carboxylic acids is 1. The number of para-hydroxylation sites is 1. The van der Waals surface area contributed by atoms with Crippen molar-refractivity contribution in [2.45, 2.75) is 6.61 Å². The first-order valence-corrected chi connectivity index (χ1v) is 8.72. The Hall–Kier alpha value is -3.53. The summed E-state index contributed by atoms with van der Waals surface area (Å²) in [5, 5.41) is 2.88. The Morgan fingerprint density at radius 3 is 2.52 bits per heavy atom. The Labute approximate surface area is 158 Å². The van der Waals surface area contributed by atoms with Crippen LogP contribution in [0.3, 0.4) is 0 Å². The number of fused-ring (bicyclic) bond motifs is 1. The van der Waals surface area contributed by atoms with Crippen molar-refractivity contribution in [1.29, 1.82) is 0 Å². The lowest BCUT2D eigenvalue weighted by molar-refractivity contribution is -0.110. The first-order valence-electron chi connectivity index (χ1n) is 8.72. The molecule has 0 unspecified atom stereocenters. The molecule has 0 fully saturated rings. The largest absolute Gasteiger partial charge is 0.493 e. The van der Waals surface area contributed by atoms with E-state index in [1.807, 2.05) is 78.9 Å². The van der Waals surface area contributed by atoms with Gasteiger partial charge in [0.05, 0.1) is 7.11 Å². The minimum atomic E-state index is -0.0976. The van der Waals surface area contributed by atoms with E-state index >= 15 is 0 Å². The molecule has 0 spiro atoms. The van der Waals surface area contributed by atoms with E-state index < -0.39 is 0 Å². The third-order valence-electron chi connectivity index (χ3n) is 4.45. The minimum Gasteiger partial charge on any atom is -0.493 e. The molecular weight excluding hydrogens is 338 g/mol. The molecule has 4 heteroatoms. The predicted molar refractivity (Wildman–Crippen MR) is 107 cm³/mol. The van der Waals surface area contributed by atoms with Gasteiger partial charge in [-0.3, -0.25) is 4.79 Å². The van der Waals surface area contributed by atoms with Gasteiger partial charge in [-0.05, 0) is 35.4 Å². The Bertz CT molecular complexity index is 1010. The first-order chi connectivity index (χ1) is 13.2. The maximum atomic E-state index is 12.3. The zero-order valence-electron chi connectivity index (χ0n) is 14.9. The molecule has 0 saturated carbocycles. The molecule has 0 atom stereocenters. The fourth-order valence-electron chi connectivity index (χ4n) is 3.08. The fourth-order valence-corrected chi connectivity index (χ4v) is 3.08. The van der Waals surface area contributed by atoms with E-state index in [1.54, 1.807) is 7.11 Å². The summed E-state index contributed by atoms with van der Waals surface area (Å²) in [6.45, 7) is 0.466. The predicted octanol–water partition coefficient (Wildman–Crippen LogP) is 4.77. The average Bonchev–Trinajstić information content (AvgIpc) is 3.03. The second-order valence-electron chi connectivity index (χ2n) is 6.24. The summed E-state index contributed by atoms with van der Waals surface area (Å²) in [5.41, 5.74) is 4.35. The number of rotatable bonds is 5. The van der Waals surface area contributed by atoms with E-state index in [0.29, 0.717) is 23.7 Å². The average molecular weight is 357 g/mol. The number of nitrogens with one attached hydrogen (secondary N) is 1. The summed E-state index contributed by atoms with van der Waals surface area (Å²) in [6, 6.07) is 23.3. The third kappa shape index (κ3) is 3.55. The Kier molecular flexibility index (Phi) is 4.62. The van der Waals surface area contributed by atoms with Gasteiger partial charge in [0, 0.05) is 16.8 Å². The van der Waals surface area contributed by atoms with Crippen molar-refractivity contribution in [2.75, 3.05) is 12.4 Å². The normalized spacial score (nSPS) is 14.0. The number of methoxy groups -OCH3 is 1. The second-order valence-corrected chi connectivity index (χ2v) is 6.24. The van der Waals surface area contributed by atoms with Crippen LogP contribution < -0.4 is 14.8 Å². The van der Waals surface area contributed by atoms with Gasteiger partial charge in [0.25, 0.3) is 5.91 Å². The van der Waals surface area contributed by atoms with Gasteiger partial charge >= 0.3 is 0 Å². The van der Waals surface area contributed by atoms with Gasteiger partial charge in [-0.1, -0.05) is 54.6 Å². The summed E-state index contributed by atoms with van der Waals surface area (Å²) in [5.74, 6) is 1.20. The molecular formula is C23H19NO3. The van der Waals surface area contributed by atoms with Crippen molar-refractivity contribution in [3.05, 3.63) is 89.5 Å². The van der Waals surface area contributed by atoms with Gasteiger partial charge < -0.3 is 14.8 Å². The maximum absolute atomic E-state index is 12.3. The molecule has 134 valence electrons. The lowest BCUT2D eigenvalue weighted by Crippen LogP contribution is -2.03. The van der Waals surface area contributed by atoms with Crippen LogP contribution in [0.1, 0.15) is 16.7 Å². The molecule has 1 aliphatic heterocycles. The number of anilines is 1. The van der Waals surface area contributed by atoms with Crippen LogP contribution in [0.5, 0.6) is 11.5 Å². The maximum Gasteiger partial charge on any atom is 0.256 e. The molecule has 1 N–H and O–H groups in total. The van der Waals surface area contributed by atoms with E-state index in [1.165, 1.54) is 0 Å². The summed E-state index contributed by atoms with van der Waals surface area (Å²) < 4.78 is 11.4. The molecule has 3 aromatic rings. The first kappa shape index (κ1) is 16.9. The molecule has 1 amide bonds. The molecule has 0 aliphatic carbocycles. The molecule has 4 nitrogen and oxygen atoms in total. The van der Waals surface area contributed by atoms with E-state index in [0.717, 1.165) is 22.4 Å². The van der Waals surface area contributed by atoms with Crippen molar-refractivity contribution in [3.63, 3.8) is 0 Å². The Balaban J connectivity index is 1.59. The highest BCUT2D eigenvalue weighted by molar-refractivity contribution is 6.34. The Morgan fingerprint density at radius 2 is 1.70 bits per heavy atom. The minimum absolute atomic E-state index is 0.0976. The highest BCUT2D eigenvalue weighted by Crippen LogP contribution is 2.35. The molecule has 4 rings (SSSR count). The van der Waals surface area contributed by atoms with Crippen molar-refractivity contribution >= 4 is 23.2 Å². The number of amides is 1. The topological polar surface area (TPSA) is 47.6 Å². The van der Waals surface area contributed by atoms with Gasteiger partial charge in [-0.15, -0.1) is 0 Å². The highest BCUT2D eigenvalue weighted by atomic mass is 16.5. The molecule has 0 aromatic heterocycles.